The fourth-order valence-corrected chi connectivity index (χ4v) is 1.99. The standard InChI is InChI=1S/C9H7NO.C8H11NO2/c11-9-6-5-7-3-1-2-4-8(7)10-9;9-4-3-6-1-2-7(10)8(11)5-6/h1-6H,(H,10,11);1-2,5,10-11H,3-4,9H2. The molecule has 0 amide bonds. The second-order valence-electron chi connectivity index (χ2n) is 4.77. The Labute approximate surface area is 127 Å². The van der Waals surface area contributed by atoms with Crippen molar-refractivity contribution in [2.45, 2.75) is 6.42 Å². The van der Waals surface area contributed by atoms with Gasteiger partial charge < -0.3 is 20.9 Å². The van der Waals surface area contributed by atoms with Crippen molar-refractivity contribution in [2.24, 2.45) is 5.73 Å². The molecule has 0 atom stereocenters. The molecule has 3 aromatic rings. The SMILES string of the molecule is NCCc1ccc(O)c(O)c1.O=c1ccc2ccccc2[nH]1. The summed E-state index contributed by atoms with van der Waals surface area (Å²) >= 11 is 0. The number of hydrogen-bond acceptors (Lipinski definition) is 4. The zero-order valence-corrected chi connectivity index (χ0v) is 12.0. The Morgan fingerprint density at radius 1 is 0.955 bits per heavy atom. The summed E-state index contributed by atoms with van der Waals surface area (Å²) in [6.07, 6.45) is 0.716. The first kappa shape index (κ1) is 15.6. The van der Waals surface area contributed by atoms with Crippen LogP contribution < -0.4 is 11.3 Å². The molecule has 22 heavy (non-hydrogen) atoms. The lowest BCUT2D eigenvalue weighted by atomic mass is 10.1. The topological polar surface area (TPSA) is 99.3 Å². The summed E-state index contributed by atoms with van der Waals surface area (Å²) in [6, 6.07) is 15.8. The van der Waals surface area contributed by atoms with E-state index in [-0.39, 0.29) is 17.1 Å². The summed E-state index contributed by atoms with van der Waals surface area (Å²) in [7, 11) is 0. The minimum absolute atomic E-state index is 0.0521. The predicted octanol–water partition coefficient (Wildman–Crippen LogP) is 2.13. The van der Waals surface area contributed by atoms with Crippen LogP contribution in [0.5, 0.6) is 11.5 Å². The molecule has 2 aromatic carbocycles. The number of aromatic amines is 1. The fourth-order valence-electron chi connectivity index (χ4n) is 1.99. The lowest BCUT2D eigenvalue weighted by Gasteiger charge is -2.00. The summed E-state index contributed by atoms with van der Waals surface area (Å²) in [5.41, 5.74) is 7.07. The summed E-state index contributed by atoms with van der Waals surface area (Å²) in [5, 5.41) is 19.0. The zero-order valence-electron chi connectivity index (χ0n) is 12.0. The number of pyridine rings is 1. The third-order valence-electron chi connectivity index (χ3n) is 3.11. The Kier molecular flexibility index (Phi) is 5.16. The van der Waals surface area contributed by atoms with Crippen molar-refractivity contribution in [1.29, 1.82) is 0 Å². The molecule has 0 aliphatic carbocycles. The van der Waals surface area contributed by atoms with Crippen molar-refractivity contribution in [3.8, 4) is 11.5 Å². The van der Waals surface area contributed by atoms with Gasteiger partial charge in [-0.3, -0.25) is 4.79 Å². The van der Waals surface area contributed by atoms with Crippen LogP contribution in [0.4, 0.5) is 0 Å². The molecule has 3 rings (SSSR count). The average molecular weight is 298 g/mol. The molecular formula is C17H18N2O3. The number of H-pyrrole nitrogens is 1. The molecule has 0 saturated heterocycles. The van der Waals surface area contributed by atoms with Crippen LogP contribution in [0.3, 0.4) is 0 Å². The van der Waals surface area contributed by atoms with Crippen LogP contribution in [-0.2, 0) is 6.42 Å². The molecule has 0 bridgehead atoms. The Bertz CT molecular complexity index is 812. The number of aromatic hydroxyl groups is 2. The number of aromatic nitrogens is 1. The Morgan fingerprint density at radius 3 is 2.45 bits per heavy atom. The Morgan fingerprint density at radius 2 is 1.73 bits per heavy atom. The van der Waals surface area contributed by atoms with Crippen molar-refractivity contribution in [1.82, 2.24) is 4.98 Å². The van der Waals surface area contributed by atoms with E-state index in [0.717, 1.165) is 16.5 Å². The first-order chi connectivity index (χ1) is 10.6. The van der Waals surface area contributed by atoms with Gasteiger partial charge in [-0.2, -0.15) is 0 Å². The van der Waals surface area contributed by atoms with E-state index < -0.39 is 0 Å². The number of rotatable bonds is 2. The van der Waals surface area contributed by atoms with Crippen molar-refractivity contribution in [3.63, 3.8) is 0 Å². The highest BCUT2D eigenvalue weighted by Gasteiger charge is 1.98. The smallest absolute Gasteiger partial charge is 0.248 e. The normalized spacial score (nSPS) is 10.0. The fraction of sp³-hybridized carbons (Fsp3) is 0.118. The van der Waals surface area contributed by atoms with Gasteiger partial charge in [0.15, 0.2) is 11.5 Å². The molecule has 1 aromatic heterocycles. The average Bonchev–Trinajstić information content (AvgIpc) is 2.52. The molecule has 0 saturated carbocycles. The lowest BCUT2D eigenvalue weighted by Crippen LogP contribution is -2.02. The van der Waals surface area contributed by atoms with Crippen molar-refractivity contribution >= 4 is 10.9 Å². The van der Waals surface area contributed by atoms with Crippen LogP contribution in [0.15, 0.2) is 59.4 Å². The zero-order chi connectivity index (χ0) is 15.9. The van der Waals surface area contributed by atoms with Crippen LogP contribution >= 0.6 is 0 Å². The second-order valence-corrected chi connectivity index (χ2v) is 4.77. The molecule has 0 spiro atoms. The van der Waals surface area contributed by atoms with E-state index in [4.69, 9.17) is 15.9 Å². The summed E-state index contributed by atoms with van der Waals surface area (Å²) in [4.78, 5) is 13.6. The van der Waals surface area contributed by atoms with E-state index in [9.17, 15) is 4.79 Å². The highest BCUT2D eigenvalue weighted by Crippen LogP contribution is 2.24. The first-order valence-electron chi connectivity index (χ1n) is 6.89. The summed E-state index contributed by atoms with van der Waals surface area (Å²) < 4.78 is 0. The molecule has 5 N–H and O–H groups in total. The van der Waals surface area contributed by atoms with Gasteiger partial charge in [0.2, 0.25) is 5.56 Å². The van der Waals surface area contributed by atoms with Gasteiger partial charge in [-0.25, -0.2) is 0 Å². The van der Waals surface area contributed by atoms with Crippen LogP contribution in [0.1, 0.15) is 5.56 Å². The van der Waals surface area contributed by atoms with Gasteiger partial charge in [-0.15, -0.1) is 0 Å². The number of phenolic OH excluding ortho intramolecular Hbond substituents is 2. The van der Waals surface area contributed by atoms with E-state index in [1.54, 1.807) is 6.07 Å². The van der Waals surface area contributed by atoms with E-state index in [1.165, 1.54) is 18.2 Å². The van der Waals surface area contributed by atoms with Gasteiger partial charge >= 0.3 is 0 Å². The minimum atomic E-state index is -0.0919. The van der Waals surface area contributed by atoms with Crippen LogP contribution in [0.2, 0.25) is 0 Å². The van der Waals surface area contributed by atoms with Crippen LogP contribution in [-0.4, -0.2) is 21.7 Å². The van der Waals surface area contributed by atoms with E-state index >= 15 is 0 Å². The molecule has 0 unspecified atom stereocenters. The number of benzene rings is 2. The molecule has 0 fully saturated rings. The third kappa shape index (κ3) is 4.10. The third-order valence-corrected chi connectivity index (χ3v) is 3.11. The van der Waals surface area contributed by atoms with Gasteiger partial charge in [0.05, 0.1) is 0 Å². The van der Waals surface area contributed by atoms with Crippen LogP contribution in [0, 0.1) is 0 Å². The molecule has 5 nitrogen and oxygen atoms in total. The molecule has 5 heteroatoms. The van der Waals surface area contributed by atoms with Gasteiger partial charge in [-0.05, 0) is 48.2 Å². The van der Waals surface area contributed by atoms with E-state index in [2.05, 4.69) is 4.98 Å². The van der Waals surface area contributed by atoms with Crippen LogP contribution in [0.25, 0.3) is 10.9 Å². The monoisotopic (exact) mass is 298 g/mol. The molecule has 0 radical (unpaired) electrons. The summed E-state index contributed by atoms with van der Waals surface area (Å²) in [5.74, 6) is -0.179. The number of hydrogen-bond donors (Lipinski definition) is 4. The molecule has 114 valence electrons. The number of phenols is 2. The van der Waals surface area contributed by atoms with Crippen molar-refractivity contribution in [2.75, 3.05) is 6.54 Å². The number of para-hydroxylation sites is 1. The van der Waals surface area contributed by atoms with Gasteiger partial charge in [0.1, 0.15) is 0 Å². The quantitative estimate of drug-likeness (QED) is 0.545. The maximum atomic E-state index is 10.8. The van der Waals surface area contributed by atoms with Gasteiger partial charge in [0.25, 0.3) is 0 Å². The van der Waals surface area contributed by atoms with E-state index in [0.29, 0.717) is 13.0 Å². The van der Waals surface area contributed by atoms with Crippen molar-refractivity contribution < 1.29 is 10.2 Å². The number of fused-ring (bicyclic) bond motifs is 1. The molecular weight excluding hydrogens is 280 g/mol. The maximum Gasteiger partial charge on any atom is 0.248 e. The first-order valence-corrected chi connectivity index (χ1v) is 6.89. The molecule has 0 aliphatic rings. The highest BCUT2D eigenvalue weighted by molar-refractivity contribution is 5.77. The molecule has 0 aliphatic heterocycles. The Balaban J connectivity index is 0.000000160. The van der Waals surface area contributed by atoms with Gasteiger partial charge in [-0.1, -0.05) is 24.3 Å². The number of nitrogens with two attached hydrogens (primary N) is 1. The van der Waals surface area contributed by atoms with Crippen molar-refractivity contribution in [3.05, 3.63) is 70.5 Å². The second kappa shape index (κ2) is 7.28. The van der Waals surface area contributed by atoms with E-state index in [1.807, 2.05) is 30.3 Å². The minimum Gasteiger partial charge on any atom is -0.504 e. The largest absolute Gasteiger partial charge is 0.504 e. The predicted molar refractivity (Wildman–Crippen MR) is 87.1 cm³/mol. The Hall–Kier alpha value is -2.79. The maximum absolute atomic E-state index is 10.8. The lowest BCUT2D eigenvalue weighted by molar-refractivity contribution is 0.403. The van der Waals surface area contributed by atoms with Gasteiger partial charge in [0, 0.05) is 11.6 Å². The highest BCUT2D eigenvalue weighted by atomic mass is 16.3. The summed E-state index contributed by atoms with van der Waals surface area (Å²) in [6.45, 7) is 0.546. The molecule has 1 heterocycles. The number of nitrogens with one attached hydrogen (secondary N) is 1.